The third-order valence-corrected chi connectivity index (χ3v) is 4.25. The van der Waals surface area contributed by atoms with Gasteiger partial charge in [0.15, 0.2) is 0 Å². The standard InChI is InChI=1S/C17H19FN4O3/c18-14-5-3-12(4-6-14)10-22-15(7-8-19-22)20-17(25)21-9-1-2-13(11-21)16(23)24/h3-8,13H,1-2,9-11H2,(H,20,25)(H,23,24). The minimum atomic E-state index is -0.876. The number of likely N-dealkylation sites (tertiary alicyclic amines) is 1. The van der Waals surface area contributed by atoms with Crippen LogP contribution in [0.15, 0.2) is 36.5 Å². The smallest absolute Gasteiger partial charge is 0.323 e. The van der Waals surface area contributed by atoms with E-state index in [1.54, 1.807) is 29.1 Å². The quantitative estimate of drug-likeness (QED) is 0.890. The van der Waals surface area contributed by atoms with Gasteiger partial charge in [0.05, 0.1) is 18.7 Å². The number of carboxylic acids is 1. The number of aliphatic carboxylic acids is 1. The van der Waals surface area contributed by atoms with Crippen molar-refractivity contribution >= 4 is 17.8 Å². The number of carbonyl (C=O) groups excluding carboxylic acids is 1. The van der Waals surface area contributed by atoms with Gasteiger partial charge in [-0.05, 0) is 30.5 Å². The molecule has 8 heteroatoms. The molecule has 0 spiro atoms. The number of piperidine rings is 1. The molecule has 1 saturated heterocycles. The van der Waals surface area contributed by atoms with Gasteiger partial charge >= 0.3 is 12.0 Å². The Morgan fingerprint density at radius 1 is 1.28 bits per heavy atom. The summed E-state index contributed by atoms with van der Waals surface area (Å²) in [5.41, 5.74) is 0.851. The number of aromatic nitrogens is 2. The predicted molar refractivity (Wildman–Crippen MR) is 88.7 cm³/mol. The third kappa shape index (κ3) is 4.14. The van der Waals surface area contributed by atoms with Gasteiger partial charge in [-0.3, -0.25) is 10.1 Å². The van der Waals surface area contributed by atoms with E-state index < -0.39 is 11.9 Å². The topological polar surface area (TPSA) is 87.5 Å². The molecule has 25 heavy (non-hydrogen) atoms. The highest BCUT2D eigenvalue weighted by Crippen LogP contribution is 2.18. The number of rotatable bonds is 4. The van der Waals surface area contributed by atoms with Crippen molar-refractivity contribution < 1.29 is 19.1 Å². The Morgan fingerprint density at radius 3 is 2.76 bits per heavy atom. The molecule has 2 aromatic rings. The van der Waals surface area contributed by atoms with Crippen LogP contribution in [0.5, 0.6) is 0 Å². The lowest BCUT2D eigenvalue weighted by atomic mass is 9.99. The molecule has 132 valence electrons. The van der Waals surface area contributed by atoms with Crippen LogP contribution in [0.2, 0.25) is 0 Å². The molecule has 1 aromatic heterocycles. The van der Waals surface area contributed by atoms with Gasteiger partial charge in [0, 0.05) is 19.2 Å². The molecular formula is C17H19FN4O3. The Morgan fingerprint density at radius 2 is 2.04 bits per heavy atom. The molecule has 1 fully saturated rings. The first kappa shape index (κ1) is 16.9. The molecule has 1 aromatic carbocycles. The van der Waals surface area contributed by atoms with Gasteiger partial charge in [0.2, 0.25) is 0 Å². The zero-order valence-electron chi connectivity index (χ0n) is 13.6. The van der Waals surface area contributed by atoms with Gasteiger partial charge < -0.3 is 10.0 Å². The molecule has 0 aliphatic carbocycles. The molecule has 3 rings (SSSR count). The number of hydrogen-bond acceptors (Lipinski definition) is 3. The highest BCUT2D eigenvalue weighted by Gasteiger charge is 2.28. The summed E-state index contributed by atoms with van der Waals surface area (Å²) in [4.78, 5) is 25.0. The number of carbonyl (C=O) groups is 2. The summed E-state index contributed by atoms with van der Waals surface area (Å²) in [6.07, 6.45) is 2.82. The van der Waals surface area contributed by atoms with Crippen LogP contribution < -0.4 is 5.32 Å². The second-order valence-corrected chi connectivity index (χ2v) is 6.05. The van der Waals surface area contributed by atoms with Gasteiger partial charge in [-0.25, -0.2) is 13.9 Å². The summed E-state index contributed by atoms with van der Waals surface area (Å²) in [6, 6.07) is 7.38. The number of nitrogens with zero attached hydrogens (tertiary/aromatic N) is 3. The predicted octanol–water partition coefficient (Wildman–Crippen LogP) is 2.40. The van der Waals surface area contributed by atoms with E-state index in [1.165, 1.54) is 17.0 Å². The van der Waals surface area contributed by atoms with Crippen LogP contribution in [0, 0.1) is 11.7 Å². The zero-order valence-corrected chi connectivity index (χ0v) is 13.6. The van der Waals surface area contributed by atoms with E-state index in [9.17, 15) is 14.0 Å². The number of benzene rings is 1. The maximum absolute atomic E-state index is 13.0. The molecule has 2 heterocycles. The van der Waals surface area contributed by atoms with Crippen LogP contribution in [0.1, 0.15) is 18.4 Å². The Hall–Kier alpha value is -2.90. The Balaban J connectivity index is 1.65. The van der Waals surface area contributed by atoms with E-state index >= 15 is 0 Å². The number of carboxylic acid groups (broad SMARTS) is 1. The minimum Gasteiger partial charge on any atom is -0.481 e. The van der Waals surface area contributed by atoms with Crippen LogP contribution in [0.3, 0.4) is 0 Å². The van der Waals surface area contributed by atoms with Gasteiger partial charge in [-0.1, -0.05) is 12.1 Å². The molecule has 1 unspecified atom stereocenters. The zero-order chi connectivity index (χ0) is 17.8. The van der Waals surface area contributed by atoms with Crippen molar-refractivity contribution in [2.24, 2.45) is 5.92 Å². The van der Waals surface area contributed by atoms with Crippen LogP contribution in [-0.4, -0.2) is 44.9 Å². The molecule has 2 amide bonds. The van der Waals surface area contributed by atoms with E-state index in [0.717, 1.165) is 5.56 Å². The highest BCUT2D eigenvalue weighted by molar-refractivity contribution is 5.88. The van der Waals surface area contributed by atoms with Crippen molar-refractivity contribution in [2.45, 2.75) is 19.4 Å². The van der Waals surface area contributed by atoms with E-state index in [0.29, 0.717) is 31.7 Å². The van der Waals surface area contributed by atoms with Crippen molar-refractivity contribution in [3.05, 3.63) is 47.9 Å². The van der Waals surface area contributed by atoms with Crippen molar-refractivity contribution in [1.29, 1.82) is 0 Å². The van der Waals surface area contributed by atoms with Crippen molar-refractivity contribution in [3.63, 3.8) is 0 Å². The van der Waals surface area contributed by atoms with Crippen molar-refractivity contribution in [2.75, 3.05) is 18.4 Å². The molecular weight excluding hydrogens is 327 g/mol. The second-order valence-electron chi connectivity index (χ2n) is 6.05. The maximum atomic E-state index is 13.0. The van der Waals surface area contributed by atoms with Crippen molar-refractivity contribution in [3.8, 4) is 0 Å². The van der Waals surface area contributed by atoms with Crippen LogP contribution in [0.4, 0.5) is 15.0 Å². The largest absolute Gasteiger partial charge is 0.481 e. The fourth-order valence-corrected chi connectivity index (χ4v) is 2.88. The monoisotopic (exact) mass is 346 g/mol. The summed E-state index contributed by atoms with van der Waals surface area (Å²) < 4.78 is 14.6. The first-order chi connectivity index (χ1) is 12.0. The fourth-order valence-electron chi connectivity index (χ4n) is 2.88. The summed E-state index contributed by atoms with van der Waals surface area (Å²) >= 11 is 0. The first-order valence-corrected chi connectivity index (χ1v) is 8.08. The average molecular weight is 346 g/mol. The van der Waals surface area contributed by atoms with Gasteiger partial charge in [0.1, 0.15) is 11.6 Å². The molecule has 0 saturated carbocycles. The number of nitrogens with one attached hydrogen (secondary N) is 1. The summed E-state index contributed by atoms with van der Waals surface area (Å²) in [6.45, 7) is 1.12. The Kier molecular flexibility index (Phi) is 4.97. The number of hydrogen-bond donors (Lipinski definition) is 2. The van der Waals surface area contributed by atoms with Crippen LogP contribution in [-0.2, 0) is 11.3 Å². The van der Waals surface area contributed by atoms with Crippen LogP contribution >= 0.6 is 0 Å². The number of anilines is 1. The second kappa shape index (κ2) is 7.33. The normalized spacial score (nSPS) is 17.3. The fraction of sp³-hybridized carbons (Fsp3) is 0.353. The number of urea groups is 1. The number of amides is 2. The van der Waals surface area contributed by atoms with Gasteiger partial charge in [0.25, 0.3) is 0 Å². The molecule has 1 aliphatic rings. The van der Waals surface area contributed by atoms with Crippen molar-refractivity contribution in [1.82, 2.24) is 14.7 Å². The minimum absolute atomic E-state index is 0.202. The lowest BCUT2D eigenvalue weighted by Gasteiger charge is -2.30. The molecule has 7 nitrogen and oxygen atoms in total. The number of halogens is 1. The van der Waals surface area contributed by atoms with E-state index in [4.69, 9.17) is 5.11 Å². The Bertz CT molecular complexity index is 760. The third-order valence-electron chi connectivity index (χ3n) is 4.25. The van der Waals surface area contributed by atoms with E-state index in [2.05, 4.69) is 10.4 Å². The lowest BCUT2D eigenvalue weighted by molar-refractivity contribution is -0.143. The highest BCUT2D eigenvalue weighted by atomic mass is 19.1. The summed E-state index contributed by atoms with van der Waals surface area (Å²) in [5, 5.41) is 16.1. The van der Waals surface area contributed by atoms with Gasteiger partial charge in [-0.15, -0.1) is 0 Å². The van der Waals surface area contributed by atoms with E-state index in [1.807, 2.05) is 0 Å². The SMILES string of the molecule is O=C(O)C1CCCN(C(=O)Nc2ccnn2Cc2ccc(F)cc2)C1. The molecule has 0 radical (unpaired) electrons. The Labute approximate surface area is 144 Å². The molecule has 0 bridgehead atoms. The molecule has 1 atom stereocenters. The lowest BCUT2D eigenvalue weighted by Crippen LogP contribution is -2.44. The van der Waals surface area contributed by atoms with E-state index in [-0.39, 0.29) is 18.4 Å². The average Bonchev–Trinajstić information content (AvgIpc) is 3.03. The summed E-state index contributed by atoms with van der Waals surface area (Å²) in [5.74, 6) is -1.20. The first-order valence-electron chi connectivity index (χ1n) is 8.08. The molecule has 2 N–H and O–H groups in total. The molecule has 1 aliphatic heterocycles. The maximum Gasteiger partial charge on any atom is 0.323 e. The summed E-state index contributed by atoms with van der Waals surface area (Å²) in [7, 11) is 0. The van der Waals surface area contributed by atoms with Gasteiger partial charge in [-0.2, -0.15) is 5.10 Å². The van der Waals surface area contributed by atoms with Crippen LogP contribution in [0.25, 0.3) is 0 Å².